The molecule has 0 aliphatic carbocycles. The van der Waals surface area contributed by atoms with Crippen LogP contribution in [-0.4, -0.2) is 38.4 Å². The molecule has 2 unspecified atom stereocenters. The van der Waals surface area contributed by atoms with Gasteiger partial charge in [0.15, 0.2) is 0 Å². The summed E-state index contributed by atoms with van der Waals surface area (Å²) < 4.78 is 16.2. The fourth-order valence-corrected chi connectivity index (χ4v) is 3.12. The van der Waals surface area contributed by atoms with Crippen molar-refractivity contribution in [1.29, 1.82) is 0 Å². The Balaban J connectivity index is 3.62. The first kappa shape index (κ1) is 27.9. The fraction of sp³-hybridized carbons (Fsp3) is 0.917. The van der Waals surface area contributed by atoms with Crippen molar-refractivity contribution in [1.82, 2.24) is 0 Å². The molecule has 0 aliphatic rings. The zero-order valence-corrected chi connectivity index (χ0v) is 19.5. The van der Waals surface area contributed by atoms with Gasteiger partial charge in [0.05, 0.1) is 13.2 Å². The molecule has 0 saturated carbocycles. The van der Waals surface area contributed by atoms with Crippen LogP contribution < -0.4 is 0 Å². The molecule has 2 atom stereocenters. The second kappa shape index (κ2) is 20.2. The summed E-state index contributed by atoms with van der Waals surface area (Å²) in [6.45, 7) is 10.9. The van der Waals surface area contributed by atoms with E-state index in [0.717, 1.165) is 25.9 Å². The summed E-state index contributed by atoms with van der Waals surface area (Å²) >= 11 is 0. The van der Waals surface area contributed by atoms with E-state index >= 15 is 0 Å². The monoisotopic (exact) mass is 414 g/mol. The Kier molecular flexibility index (Phi) is 19.4. The highest BCUT2D eigenvalue weighted by Crippen LogP contribution is 2.14. The maximum absolute atomic E-state index is 11.8. The third-order valence-electron chi connectivity index (χ3n) is 5.38. The van der Waals surface area contributed by atoms with Gasteiger partial charge in [-0.1, -0.05) is 66.2 Å². The van der Waals surface area contributed by atoms with Crippen molar-refractivity contribution in [3.05, 3.63) is 0 Å². The highest BCUT2D eigenvalue weighted by Gasteiger charge is 2.11. The average molecular weight is 415 g/mol. The van der Waals surface area contributed by atoms with Crippen LogP contribution in [0.4, 0.5) is 0 Å². The van der Waals surface area contributed by atoms with Gasteiger partial charge in [-0.25, -0.2) is 0 Å². The lowest BCUT2D eigenvalue weighted by molar-refractivity contribution is -0.148. The lowest BCUT2D eigenvalue weighted by Crippen LogP contribution is -2.15. The van der Waals surface area contributed by atoms with Crippen LogP contribution in [0.3, 0.4) is 0 Å². The number of carbonyl (C=O) groups is 2. The SMILES string of the molecule is CCCCC(CC)COCCCC(=O)OCCCC(=O)OCC(CC)CCCC. The van der Waals surface area contributed by atoms with E-state index in [-0.39, 0.29) is 18.5 Å². The van der Waals surface area contributed by atoms with Crippen molar-refractivity contribution in [2.24, 2.45) is 11.8 Å². The highest BCUT2D eigenvalue weighted by molar-refractivity contribution is 5.70. The van der Waals surface area contributed by atoms with Gasteiger partial charge in [0.25, 0.3) is 0 Å². The quantitative estimate of drug-likeness (QED) is 0.178. The summed E-state index contributed by atoms with van der Waals surface area (Å²) in [7, 11) is 0. The van der Waals surface area contributed by atoms with Crippen LogP contribution in [0, 0.1) is 11.8 Å². The van der Waals surface area contributed by atoms with Crippen molar-refractivity contribution in [3.63, 3.8) is 0 Å². The van der Waals surface area contributed by atoms with E-state index in [4.69, 9.17) is 14.2 Å². The Morgan fingerprint density at radius 1 is 0.655 bits per heavy atom. The van der Waals surface area contributed by atoms with E-state index in [1.807, 2.05) is 0 Å². The molecule has 0 heterocycles. The van der Waals surface area contributed by atoms with Crippen LogP contribution >= 0.6 is 0 Å². The molecule has 0 aromatic carbocycles. The molecular formula is C24H46O5. The molecule has 5 heteroatoms. The molecule has 0 rings (SSSR count). The van der Waals surface area contributed by atoms with Crippen molar-refractivity contribution >= 4 is 11.9 Å². The average Bonchev–Trinajstić information content (AvgIpc) is 2.73. The Bertz CT molecular complexity index is 397. The predicted molar refractivity (Wildman–Crippen MR) is 118 cm³/mol. The molecule has 0 radical (unpaired) electrons. The molecule has 5 nitrogen and oxygen atoms in total. The fourth-order valence-electron chi connectivity index (χ4n) is 3.12. The number of hydrogen-bond acceptors (Lipinski definition) is 5. The van der Waals surface area contributed by atoms with Gasteiger partial charge >= 0.3 is 11.9 Å². The van der Waals surface area contributed by atoms with Crippen LogP contribution in [0.5, 0.6) is 0 Å². The van der Waals surface area contributed by atoms with Crippen molar-refractivity contribution in [3.8, 4) is 0 Å². The number of carbonyl (C=O) groups excluding carboxylic acids is 2. The maximum atomic E-state index is 11.8. The van der Waals surface area contributed by atoms with E-state index in [1.54, 1.807) is 0 Å². The first-order chi connectivity index (χ1) is 14.1. The summed E-state index contributed by atoms with van der Waals surface area (Å²) in [4.78, 5) is 23.5. The minimum Gasteiger partial charge on any atom is -0.466 e. The smallest absolute Gasteiger partial charge is 0.305 e. The van der Waals surface area contributed by atoms with E-state index in [0.29, 0.717) is 50.7 Å². The summed E-state index contributed by atoms with van der Waals surface area (Å²) in [6.07, 6.45) is 11.2. The molecule has 0 fully saturated rings. The molecule has 0 N–H and O–H groups in total. The van der Waals surface area contributed by atoms with Crippen molar-refractivity contribution in [2.45, 2.75) is 105 Å². The van der Waals surface area contributed by atoms with Crippen molar-refractivity contribution < 1.29 is 23.8 Å². The lowest BCUT2D eigenvalue weighted by Gasteiger charge is -2.14. The number of ether oxygens (including phenoxy) is 3. The van der Waals surface area contributed by atoms with Crippen LogP contribution in [0.25, 0.3) is 0 Å². The second-order valence-electron chi connectivity index (χ2n) is 8.02. The lowest BCUT2D eigenvalue weighted by atomic mass is 10.0. The Labute approximate surface area is 179 Å². The zero-order valence-electron chi connectivity index (χ0n) is 19.5. The summed E-state index contributed by atoms with van der Waals surface area (Å²) in [5, 5.41) is 0. The molecule has 0 spiro atoms. The molecule has 0 aromatic heterocycles. The normalized spacial score (nSPS) is 13.1. The van der Waals surface area contributed by atoms with Gasteiger partial charge in [-0.15, -0.1) is 0 Å². The van der Waals surface area contributed by atoms with Crippen LogP contribution in [0.2, 0.25) is 0 Å². The van der Waals surface area contributed by atoms with E-state index in [9.17, 15) is 9.59 Å². The predicted octanol–water partition coefficient (Wildman–Crippen LogP) is 6.08. The number of esters is 2. The largest absolute Gasteiger partial charge is 0.466 e. The van der Waals surface area contributed by atoms with Gasteiger partial charge in [0, 0.05) is 26.1 Å². The summed E-state index contributed by atoms with van der Waals surface area (Å²) in [5.41, 5.74) is 0. The number of rotatable bonds is 20. The van der Waals surface area contributed by atoms with E-state index in [1.165, 1.54) is 32.1 Å². The highest BCUT2D eigenvalue weighted by atomic mass is 16.5. The first-order valence-corrected chi connectivity index (χ1v) is 12.0. The topological polar surface area (TPSA) is 61.8 Å². The first-order valence-electron chi connectivity index (χ1n) is 12.0. The maximum Gasteiger partial charge on any atom is 0.305 e. The molecule has 0 amide bonds. The van der Waals surface area contributed by atoms with Gasteiger partial charge in [0.1, 0.15) is 0 Å². The third kappa shape index (κ3) is 17.5. The Hall–Kier alpha value is -1.10. The molecule has 29 heavy (non-hydrogen) atoms. The molecule has 0 aromatic rings. The Morgan fingerprint density at radius 2 is 1.17 bits per heavy atom. The van der Waals surface area contributed by atoms with Crippen molar-refractivity contribution in [2.75, 3.05) is 26.4 Å². The molecular weight excluding hydrogens is 368 g/mol. The van der Waals surface area contributed by atoms with E-state index in [2.05, 4.69) is 27.7 Å². The number of hydrogen-bond donors (Lipinski definition) is 0. The van der Waals surface area contributed by atoms with Crippen LogP contribution in [-0.2, 0) is 23.8 Å². The second-order valence-corrected chi connectivity index (χ2v) is 8.02. The standard InChI is InChI=1S/C24H46O5/c1-5-9-13-21(7-3)19-27-17-11-15-23(25)28-18-12-16-24(26)29-20-22(8-4)14-10-6-2/h21-22H,5-20H2,1-4H3. The molecule has 0 saturated heterocycles. The van der Waals surface area contributed by atoms with Gasteiger partial charge in [-0.3, -0.25) is 9.59 Å². The molecule has 0 aliphatic heterocycles. The minimum atomic E-state index is -0.217. The van der Waals surface area contributed by atoms with Gasteiger partial charge in [0.2, 0.25) is 0 Å². The van der Waals surface area contributed by atoms with Gasteiger partial charge < -0.3 is 14.2 Å². The molecule has 0 bridgehead atoms. The minimum absolute atomic E-state index is 0.196. The van der Waals surface area contributed by atoms with E-state index < -0.39 is 0 Å². The van der Waals surface area contributed by atoms with Crippen LogP contribution in [0.1, 0.15) is 105 Å². The Morgan fingerprint density at radius 3 is 1.72 bits per heavy atom. The molecule has 172 valence electrons. The van der Waals surface area contributed by atoms with Gasteiger partial charge in [-0.05, 0) is 37.5 Å². The number of unbranched alkanes of at least 4 members (excludes halogenated alkanes) is 2. The zero-order chi connectivity index (χ0) is 21.7. The van der Waals surface area contributed by atoms with Crippen LogP contribution in [0.15, 0.2) is 0 Å². The summed E-state index contributed by atoms with van der Waals surface area (Å²) in [5.74, 6) is 0.669. The third-order valence-corrected chi connectivity index (χ3v) is 5.38. The van der Waals surface area contributed by atoms with Gasteiger partial charge in [-0.2, -0.15) is 0 Å². The summed E-state index contributed by atoms with van der Waals surface area (Å²) in [6, 6.07) is 0.